The zero-order chi connectivity index (χ0) is 14.4. The van der Waals surface area contributed by atoms with Crippen molar-refractivity contribution < 1.29 is 9.84 Å². The number of aliphatic hydroxyl groups excluding tert-OH is 1. The van der Waals surface area contributed by atoms with Crippen LogP contribution in [0.15, 0.2) is 41.3 Å². The molecule has 4 nitrogen and oxygen atoms in total. The van der Waals surface area contributed by atoms with Gasteiger partial charge in [-0.2, -0.15) is 5.26 Å². The van der Waals surface area contributed by atoms with Gasteiger partial charge in [0.05, 0.1) is 17.9 Å². The van der Waals surface area contributed by atoms with Gasteiger partial charge in [0.1, 0.15) is 11.8 Å². The summed E-state index contributed by atoms with van der Waals surface area (Å²) in [5.41, 5.74) is 1.20. The monoisotopic (exact) mass is 286 g/mol. The third kappa shape index (κ3) is 3.73. The van der Waals surface area contributed by atoms with E-state index >= 15 is 0 Å². The highest BCUT2D eigenvalue weighted by Gasteiger charge is 2.03. The second kappa shape index (κ2) is 6.94. The topological polar surface area (TPSA) is 66.1 Å². The minimum atomic E-state index is 0.164. The maximum absolute atomic E-state index is 8.85. The summed E-state index contributed by atoms with van der Waals surface area (Å²) in [6, 6.07) is 13.0. The third-order valence-electron chi connectivity index (χ3n) is 2.59. The molecule has 2 rings (SSSR count). The van der Waals surface area contributed by atoms with Gasteiger partial charge in [0.25, 0.3) is 0 Å². The molecule has 0 saturated carbocycles. The normalized spacial score (nSPS) is 10.1. The Bertz CT molecular complexity index is 621. The van der Waals surface area contributed by atoms with Crippen LogP contribution in [0, 0.1) is 18.3 Å². The van der Waals surface area contributed by atoms with E-state index in [0.717, 1.165) is 4.90 Å². The van der Waals surface area contributed by atoms with Crippen LogP contribution in [-0.2, 0) is 0 Å². The molecule has 0 aliphatic carbocycles. The summed E-state index contributed by atoms with van der Waals surface area (Å²) in [7, 11) is 0. The molecule has 0 aliphatic heterocycles. The van der Waals surface area contributed by atoms with E-state index in [2.05, 4.69) is 11.1 Å². The molecule has 20 heavy (non-hydrogen) atoms. The van der Waals surface area contributed by atoms with Crippen molar-refractivity contribution in [1.82, 2.24) is 4.98 Å². The molecule has 0 amide bonds. The van der Waals surface area contributed by atoms with E-state index in [9.17, 15) is 0 Å². The highest BCUT2D eigenvalue weighted by atomic mass is 32.2. The summed E-state index contributed by atoms with van der Waals surface area (Å²) in [4.78, 5) is 5.31. The fourth-order valence-corrected chi connectivity index (χ4v) is 2.26. The van der Waals surface area contributed by atoms with Crippen LogP contribution in [0.5, 0.6) is 11.6 Å². The first-order valence-electron chi connectivity index (χ1n) is 6.12. The number of hydrogen-bond donors (Lipinski definition) is 1. The van der Waals surface area contributed by atoms with Crippen LogP contribution in [0.4, 0.5) is 0 Å². The second-order valence-corrected chi connectivity index (χ2v) is 5.21. The number of aliphatic hydroxyl groups is 1. The number of rotatable bonds is 5. The van der Waals surface area contributed by atoms with Crippen molar-refractivity contribution in [2.24, 2.45) is 0 Å². The molecule has 0 unspecified atom stereocenters. The number of aryl methyl sites for hydroxylation is 1. The van der Waals surface area contributed by atoms with Gasteiger partial charge in [-0.15, -0.1) is 11.8 Å². The van der Waals surface area contributed by atoms with E-state index in [1.807, 2.05) is 24.3 Å². The maximum atomic E-state index is 8.85. The Kier molecular flexibility index (Phi) is 4.99. The number of benzene rings is 1. The highest BCUT2D eigenvalue weighted by Crippen LogP contribution is 2.24. The molecule has 1 aromatic carbocycles. The van der Waals surface area contributed by atoms with Crippen LogP contribution in [-0.4, -0.2) is 22.5 Å². The number of hydrogen-bond acceptors (Lipinski definition) is 5. The lowest BCUT2D eigenvalue weighted by atomic mass is 10.2. The van der Waals surface area contributed by atoms with E-state index < -0.39 is 0 Å². The Hall–Kier alpha value is -2.03. The Morgan fingerprint density at radius 1 is 1.25 bits per heavy atom. The summed E-state index contributed by atoms with van der Waals surface area (Å²) in [6.07, 6.45) is 0. The van der Waals surface area contributed by atoms with Gasteiger partial charge < -0.3 is 9.84 Å². The quantitative estimate of drug-likeness (QED) is 0.855. The summed E-state index contributed by atoms with van der Waals surface area (Å²) in [5.74, 6) is 1.84. The number of aromatic nitrogens is 1. The zero-order valence-corrected chi connectivity index (χ0v) is 11.9. The first-order chi connectivity index (χ1) is 9.72. The van der Waals surface area contributed by atoms with Gasteiger partial charge in [-0.05, 0) is 37.3 Å². The molecule has 2 aromatic rings. The van der Waals surface area contributed by atoms with Crippen LogP contribution < -0.4 is 4.74 Å². The molecular formula is C15H14N2O2S. The molecule has 0 saturated heterocycles. The smallest absolute Gasteiger partial charge is 0.219 e. The molecule has 0 bridgehead atoms. The van der Waals surface area contributed by atoms with Gasteiger partial charge in [-0.1, -0.05) is 0 Å². The first-order valence-corrected chi connectivity index (χ1v) is 7.11. The van der Waals surface area contributed by atoms with Crippen molar-refractivity contribution in [2.75, 3.05) is 12.4 Å². The van der Waals surface area contributed by atoms with Crippen molar-refractivity contribution in [3.8, 4) is 17.7 Å². The van der Waals surface area contributed by atoms with Crippen LogP contribution in [0.2, 0.25) is 0 Å². The average Bonchev–Trinajstić information content (AvgIpc) is 2.47. The summed E-state index contributed by atoms with van der Waals surface area (Å²) >= 11 is 1.59. The fourth-order valence-electron chi connectivity index (χ4n) is 1.60. The van der Waals surface area contributed by atoms with Crippen molar-refractivity contribution >= 4 is 11.8 Å². The molecular weight excluding hydrogens is 272 g/mol. The minimum absolute atomic E-state index is 0.164. The van der Waals surface area contributed by atoms with Crippen molar-refractivity contribution in [2.45, 2.75) is 11.8 Å². The minimum Gasteiger partial charge on any atom is -0.439 e. The lowest BCUT2D eigenvalue weighted by Gasteiger charge is -2.07. The Balaban J connectivity index is 2.06. The lowest BCUT2D eigenvalue weighted by Crippen LogP contribution is -1.92. The van der Waals surface area contributed by atoms with Crippen LogP contribution >= 0.6 is 11.8 Å². The predicted molar refractivity (Wildman–Crippen MR) is 78.0 cm³/mol. The van der Waals surface area contributed by atoms with Crippen molar-refractivity contribution in [3.63, 3.8) is 0 Å². The van der Waals surface area contributed by atoms with Crippen LogP contribution in [0.1, 0.15) is 11.3 Å². The Morgan fingerprint density at radius 2 is 2.00 bits per heavy atom. The lowest BCUT2D eigenvalue weighted by molar-refractivity contribution is 0.322. The first kappa shape index (κ1) is 14.4. The largest absolute Gasteiger partial charge is 0.439 e. The molecule has 102 valence electrons. The number of nitrogens with zero attached hydrogens (tertiary/aromatic N) is 2. The zero-order valence-electron chi connectivity index (χ0n) is 11.0. The SMILES string of the molecule is Cc1nc(Oc2ccc(SCCO)cc2)ccc1C#N. The van der Waals surface area contributed by atoms with E-state index in [-0.39, 0.29) is 6.61 Å². The molecule has 0 fully saturated rings. The van der Waals surface area contributed by atoms with E-state index in [4.69, 9.17) is 15.1 Å². The van der Waals surface area contributed by atoms with Gasteiger partial charge in [0.2, 0.25) is 5.88 Å². The van der Waals surface area contributed by atoms with Crippen LogP contribution in [0.3, 0.4) is 0 Å². The summed E-state index contributed by atoms with van der Waals surface area (Å²) in [5, 5.41) is 17.6. The molecule has 0 atom stereocenters. The highest BCUT2D eigenvalue weighted by molar-refractivity contribution is 7.99. The average molecular weight is 286 g/mol. The van der Waals surface area contributed by atoms with Crippen LogP contribution in [0.25, 0.3) is 0 Å². The standard InChI is InChI=1S/C15H14N2O2S/c1-11-12(10-16)2-7-15(17-11)19-13-3-5-14(6-4-13)20-9-8-18/h2-7,18H,8-9H2,1H3. The number of nitriles is 1. The van der Waals surface area contributed by atoms with Gasteiger partial charge in [-0.3, -0.25) is 0 Å². The summed E-state index contributed by atoms with van der Waals surface area (Å²) < 4.78 is 5.64. The molecule has 1 heterocycles. The molecule has 5 heteroatoms. The number of ether oxygens (including phenoxy) is 1. The van der Waals surface area contributed by atoms with E-state index in [0.29, 0.717) is 28.6 Å². The van der Waals surface area contributed by atoms with Gasteiger partial charge in [0.15, 0.2) is 0 Å². The van der Waals surface area contributed by atoms with Crippen molar-refractivity contribution in [1.29, 1.82) is 5.26 Å². The third-order valence-corrected chi connectivity index (χ3v) is 3.58. The summed E-state index contributed by atoms with van der Waals surface area (Å²) in [6.45, 7) is 1.94. The maximum Gasteiger partial charge on any atom is 0.219 e. The number of thioether (sulfide) groups is 1. The van der Waals surface area contributed by atoms with E-state index in [1.165, 1.54) is 0 Å². The molecule has 1 N–H and O–H groups in total. The predicted octanol–water partition coefficient (Wildman–Crippen LogP) is 3.14. The fraction of sp³-hybridized carbons (Fsp3) is 0.200. The Morgan fingerprint density at radius 3 is 2.60 bits per heavy atom. The molecule has 0 aliphatic rings. The van der Waals surface area contributed by atoms with E-state index in [1.54, 1.807) is 30.8 Å². The van der Waals surface area contributed by atoms with Gasteiger partial charge in [0, 0.05) is 16.7 Å². The molecule has 0 radical (unpaired) electrons. The molecule has 1 aromatic heterocycles. The van der Waals surface area contributed by atoms with Gasteiger partial charge in [-0.25, -0.2) is 4.98 Å². The molecule has 0 spiro atoms. The van der Waals surface area contributed by atoms with Crippen molar-refractivity contribution in [3.05, 3.63) is 47.7 Å². The number of pyridine rings is 1. The van der Waals surface area contributed by atoms with Gasteiger partial charge >= 0.3 is 0 Å². The second-order valence-electron chi connectivity index (χ2n) is 4.04. The Labute approximate surface area is 122 Å².